The van der Waals surface area contributed by atoms with Crippen molar-refractivity contribution in [1.29, 1.82) is 0 Å². The maximum absolute atomic E-state index is 12.0. The molecular formula is C19H17F3N4O3. The molecule has 0 saturated carbocycles. The van der Waals surface area contributed by atoms with Gasteiger partial charge in [0.25, 0.3) is 0 Å². The molecule has 0 fully saturated rings. The molecule has 152 valence electrons. The highest BCUT2D eigenvalue weighted by molar-refractivity contribution is 5.99. The third-order valence-electron chi connectivity index (χ3n) is 3.49. The lowest BCUT2D eigenvalue weighted by Crippen LogP contribution is -2.21. The van der Waals surface area contributed by atoms with Crippen LogP contribution in [0.4, 0.5) is 29.3 Å². The highest BCUT2D eigenvalue weighted by Gasteiger charge is 2.38. The number of hydrogen-bond acceptors (Lipinski definition) is 3. The number of nitrogens with one attached hydrogen (secondary N) is 3. The number of hydrogen-bond donors (Lipinski definition) is 4. The number of H-pyrrole nitrogens is 1. The summed E-state index contributed by atoms with van der Waals surface area (Å²) in [5.41, 5.74) is 4.65. The molecule has 0 aliphatic rings. The number of aryl methyl sites for hydroxylation is 1. The van der Waals surface area contributed by atoms with Crippen molar-refractivity contribution in [2.75, 3.05) is 10.6 Å². The molecule has 0 saturated heterocycles. The first-order chi connectivity index (χ1) is 13.6. The van der Waals surface area contributed by atoms with Gasteiger partial charge in [-0.1, -0.05) is 24.3 Å². The second kappa shape index (κ2) is 9.40. The van der Waals surface area contributed by atoms with E-state index in [4.69, 9.17) is 9.90 Å². The Morgan fingerprint density at radius 1 is 1.00 bits per heavy atom. The van der Waals surface area contributed by atoms with Gasteiger partial charge in [-0.3, -0.25) is 5.10 Å². The summed E-state index contributed by atoms with van der Waals surface area (Å²) in [6.07, 6.45) is -1.50. The zero-order chi connectivity index (χ0) is 21.4. The number of anilines is 2. The van der Waals surface area contributed by atoms with E-state index < -0.39 is 12.1 Å². The average molecular weight is 406 g/mol. The molecule has 0 atom stereocenters. The molecule has 3 aromatic rings. The molecule has 0 spiro atoms. The Balaban J connectivity index is 0.000000370. The van der Waals surface area contributed by atoms with Gasteiger partial charge in [-0.2, -0.15) is 18.3 Å². The minimum atomic E-state index is -5.08. The van der Waals surface area contributed by atoms with E-state index in [0.29, 0.717) is 0 Å². The van der Waals surface area contributed by atoms with E-state index in [0.717, 1.165) is 28.1 Å². The van der Waals surface area contributed by atoms with E-state index in [1.54, 1.807) is 6.20 Å². The fourth-order valence-corrected chi connectivity index (χ4v) is 2.17. The van der Waals surface area contributed by atoms with Gasteiger partial charge in [0.1, 0.15) is 0 Å². The Morgan fingerprint density at radius 2 is 1.62 bits per heavy atom. The first-order valence-corrected chi connectivity index (χ1v) is 8.19. The lowest BCUT2D eigenvalue weighted by Gasteiger charge is -2.08. The van der Waals surface area contributed by atoms with Gasteiger partial charge >= 0.3 is 18.2 Å². The summed E-state index contributed by atoms with van der Waals surface area (Å²) < 4.78 is 31.7. The van der Waals surface area contributed by atoms with Crippen LogP contribution in [0.2, 0.25) is 0 Å². The molecule has 7 nitrogen and oxygen atoms in total. The minimum Gasteiger partial charge on any atom is -0.475 e. The normalized spacial score (nSPS) is 10.5. The van der Waals surface area contributed by atoms with Crippen molar-refractivity contribution in [2.24, 2.45) is 0 Å². The molecule has 2 amide bonds. The molecule has 1 aromatic heterocycles. The number of carbonyl (C=O) groups is 2. The molecule has 0 aliphatic carbocycles. The number of aliphatic carboxylic acids is 1. The summed E-state index contributed by atoms with van der Waals surface area (Å²) in [5, 5.41) is 19.4. The molecule has 0 radical (unpaired) electrons. The highest BCUT2D eigenvalue weighted by atomic mass is 19.4. The van der Waals surface area contributed by atoms with Crippen LogP contribution >= 0.6 is 0 Å². The van der Waals surface area contributed by atoms with E-state index in [2.05, 4.69) is 20.8 Å². The summed E-state index contributed by atoms with van der Waals surface area (Å²) in [7, 11) is 0. The van der Waals surface area contributed by atoms with Crippen LogP contribution in [0.25, 0.3) is 11.1 Å². The molecule has 0 unspecified atom stereocenters. The maximum Gasteiger partial charge on any atom is 0.490 e. The number of rotatable bonds is 3. The van der Waals surface area contributed by atoms with Crippen LogP contribution < -0.4 is 10.6 Å². The lowest BCUT2D eigenvalue weighted by molar-refractivity contribution is -0.192. The minimum absolute atomic E-state index is 0.262. The Morgan fingerprint density at radius 3 is 2.14 bits per heavy atom. The first kappa shape index (κ1) is 21.5. The van der Waals surface area contributed by atoms with Gasteiger partial charge < -0.3 is 15.7 Å². The standard InChI is InChI=1S/C17H16N4O.C2HF3O2/c1-12-3-2-4-16(9-12)21-17(22)20-15-7-5-13(6-8-15)14-10-18-19-11-14;3-2(4,5)1(6)7/h2-11H,1H3,(H,18,19)(H2,20,21,22);(H,6,7). The van der Waals surface area contributed by atoms with Crippen LogP contribution in [-0.4, -0.2) is 33.5 Å². The molecule has 1 heterocycles. The molecule has 29 heavy (non-hydrogen) atoms. The van der Waals surface area contributed by atoms with Crippen molar-refractivity contribution >= 4 is 23.4 Å². The Bertz CT molecular complexity index is 956. The first-order valence-electron chi connectivity index (χ1n) is 8.19. The van der Waals surface area contributed by atoms with Crippen LogP contribution in [0.5, 0.6) is 0 Å². The quantitative estimate of drug-likeness (QED) is 0.507. The smallest absolute Gasteiger partial charge is 0.475 e. The van der Waals surface area contributed by atoms with Crippen LogP contribution in [-0.2, 0) is 4.79 Å². The topological polar surface area (TPSA) is 107 Å². The Kier molecular flexibility index (Phi) is 6.96. The number of carboxylic acid groups (broad SMARTS) is 1. The van der Waals surface area contributed by atoms with Crippen molar-refractivity contribution < 1.29 is 27.9 Å². The number of carboxylic acids is 1. The van der Waals surface area contributed by atoms with Gasteiger partial charge in [-0.15, -0.1) is 0 Å². The van der Waals surface area contributed by atoms with Crippen molar-refractivity contribution in [1.82, 2.24) is 10.2 Å². The maximum atomic E-state index is 12.0. The third-order valence-corrected chi connectivity index (χ3v) is 3.49. The van der Waals surface area contributed by atoms with E-state index in [1.807, 2.05) is 61.7 Å². The lowest BCUT2D eigenvalue weighted by atomic mass is 10.1. The van der Waals surface area contributed by atoms with Gasteiger partial charge in [-0.25, -0.2) is 9.59 Å². The van der Waals surface area contributed by atoms with Crippen molar-refractivity contribution in [3.05, 3.63) is 66.5 Å². The molecule has 0 aliphatic heterocycles. The summed E-state index contributed by atoms with van der Waals surface area (Å²) in [6.45, 7) is 1.98. The molecule has 4 N–H and O–H groups in total. The van der Waals surface area contributed by atoms with Crippen molar-refractivity contribution in [3.63, 3.8) is 0 Å². The number of aromatic nitrogens is 2. The monoisotopic (exact) mass is 406 g/mol. The van der Waals surface area contributed by atoms with Gasteiger partial charge in [0, 0.05) is 23.1 Å². The largest absolute Gasteiger partial charge is 0.490 e. The summed E-state index contributed by atoms with van der Waals surface area (Å²) in [5.74, 6) is -2.76. The summed E-state index contributed by atoms with van der Waals surface area (Å²) in [6, 6.07) is 15.0. The predicted molar refractivity (Wildman–Crippen MR) is 102 cm³/mol. The zero-order valence-electron chi connectivity index (χ0n) is 15.1. The summed E-state index contributed by atoms with van der Waals surface area (Å²) >= 11 is 0. The van der Waals surface area contributed by atoms with Crippen LogP contribution in [0.1, 0.15) is 5.56 Å². The number of urea groups is 1. The number of nitrogens with zero attached hydrogens (tertiary/aromatic N) is 1. The van der Waals surface area contributed by atoms with Gasteiger partial charge in [-0.05, 0) is 42.3 Å². The number of aromatic amines is 1. The van der Waals surface area contributed by atoms with Crippen molar-refractivity contribution in [3.8, 4) is 11.1 Å². The molecule has 2 aromatic carbocycles. The van der Waals surface area contributed by atoms with E-state index in [1.165, 1.54) is 0 Å². The second-order valence-corrected chi connectivity index (χ2v) is 5.82. The van der Waals surface area contributed by atoms with E-state index in [-0.39, 0.29) is 6.03 Å². The fourth-order valence-electron chi connectivity index (χ4n) is 2.17. The molecule has 0 bridgehead atoms. The van der Waals surface area contributed by atoms with Crippen LogP contribution in [0.3, 0.4) is 0 Å². The number of alkyl halides is 3. The van der Waals surface area contributed by atoms with E-state index >= 15 is 0 Å². The van der Waals surface area contributed by atoms with Crippen LogP contribution in [0.15, 0.2) is 60.9 Å². The predicted octanol–water partition coefficient (Wildman–Crippen LogP) is 4.66. The highest BCUT2D eigenvalue weighted by Crippen LogP contribution is 2.20. The fraction of sp³-hybridized carbons (Fsp3) is 0.105. The third kappa shape index (κ3) is 7.01. The number of carbonyl (C=O) groups excluding carboxylic acids is 1. The number of amides is 2. The SMILES string of the molecule is Cc1cccc(NC(=O)Nc2ccc(-c3cn[nH]c3)cc2)c1.O=C(O)C(F)(F)F. The Labute approximate surface area is 163 Å². The summed E-state index contributed by atoms with van der Waals surface area (Å²) in [4.78, 5) is 20.9. The van der Waals surface area contributed by atoms with Crippen LogP contribution in [0, 0.1) is 6.92 Å². The van der Waals surface area contributed by atoms with Gasteiger partial charge in [0.2, 0.25) is 0 Å². The number of halogens is 3. The molecule has 10 heteroatoms. The van der Waals surface area contributed by atoms with Crippen molar-refractivity contribution in [2.45, 2.75) is 13.1 Å². The second-order valence-electron chi connectivity index (χ2n) is 5.82. The average Bonchev–Trinajstić information content (AvgIpc) is 3.16. The molecule has 3 rings (SSSR count). The number of benzene rings is 2. The van der Waals surface area contributed by atoms with Gasteiger partial charge in [0.05, 0.1) is 6.20 Å². The van der Waals surface area contributed by atoms with E-state index in [9.17, 15) is 18.0 Å². The zero-order valence-corrected chi connectivity index (χ0v) is 15.1. The Hall–Kier alpha value is -3.82. The van der Waals surface area contributed by atoms with Gasteiger partial charge in [0.15, 0.2) is 0 Å². The molecular weight excluding hydrogens is 389 g/mol.